The lowest BCUT2D eigenvalue weighted by molar-refractivity contribution is 0.0916. The molecule has 31 heavy (non-hydrogen) atoms. The van der Waals surface area contributed by atoms with Crippen LogP contribution in [0.3, 0.4) is 0 Å². The molecule has 7 nitrogen and oxygen atoms in total. The molecule has 0 bridgehead atoms. The van der Waals surface area contributed by atoms with Gasteiger partial charge in [-0.25, -0.2) is 9.97 Å². The first-order chi connectivity index (χ1) is 15.0. The maximum absolute atomic E-state index is 12.8. The second-order valence-electron chi connectivity index (χ2n) is 7.85. The van der Waals surface area contributed by atoms with Crippen LogP contribution in [0.4, 0.5) is 5.95 Å². The number of carbonyl (C=O) groups is 1. The van der Waals surface area contributed by atoms with E-state index in [-0.39, 0.29) is 24.7 Å². The van der Waals surface area contributed by atoms with Crippen LogP contribution in [0.2, 0.25) is 5.02 Å². The minimum atomic E-state index is -0.610. The molecule has 0 radical (unpaired) electrons. The van der Waals surface area contributed by atoms with Crippen LogP contribution in [0, 0.1) is 0 Å². The lowest BCUT2D eigenvalue weighted by Gasteiger charge is -2.26. The molecule has 1 unspecified atom stereocenters. The van der Waals surface area contributed by atoms with Crippen LogP contribution in [-0.2, 0) is 0 Å². The third-order valence-electron chi connectivity index (χ3n) is 5.64. The molecular formula is C23H25ClN4O3. The summed E-state index contributed by atoms with van der Waals surface area (Å²) in [6.07, 6.45) is 4.79. The Labute approximate surface area is 185 Å². The minimum Gasteiger partial charge on any atom is -0.394 e. The second kappa shape index (κ2) is 9.60. The molecule has 2 aromatic carbocycles. The van der Waals surface area contributed by atoms with E-state index in [0.29, 0.717) is 27.6 Å². The molecule has 1 fully saturated rings. The number of fused-ring (bicyclic) bond motifs is 1. The largest absolute Gasteiger partial charge is 0.394 e. The van der Waals surface area contributed by atoms with Crippen LogP contribution in [0.5, 0.6) is 0 Å². The van der Waals surface area contributed by atoms with Gasteiger partial charge in [-0.05, 0) is 49.4 Å². The number of aliphatic hydroxyl groups is 2. The molecule has 0 aliphatic heterocycles. The van der Waals surface area contributed by atoms with Gasteiger partial charge in [-0.1, -0.05) is 35.9 Å². The van der Waals surface area contributed by atoms with E-state index in [9.17, 15) is 15.0 Å². The monoisotopic (exact) mass is 440 g/mol. The van der Waals surface area contributed by atoms with Crippen LogP contribution in [0.15, 0.2) is 48.7 Å². The molecule has 1 atom stereocenters. The van der Waals surface area contributed by atoms with Gasteiger partial charge in [0.15, 0.2) is 0 Å². The molecule has 1 saturated carbocycles. The second-order valence-corrected chi connectivity index (χ2v) is 8.25. The van der Waals surface area contributed by atoms with Crippen molar-refractivity contribution < 1.29 is 15.0 Å². The van der Waals surface area contributed by atoms with Gasteiger partial charge in [0.25, 0.3) is 5.91 Å². The van der Waals surface area contributed by atoms with Crippen LogP contribution < -0.4 is 10.6 Å². The van der Waals surface area contributed by atoms with Crippen molar-refractivity contribution in [3.63, 3.8) is 0 Å². The summed E-state index contributed by atoms with van der Waals surface area (Å²) in [7, 11) is 0. The SMILES string of the molecule is O=C(NC(CO)c1ccccc1Cl)c1ccc2cnc(NC3CCC(O)CC3)nc2c1. The van der Waals surface area contributed by atoms with E-state index in [1.165, 1.54) is 0 Å². The summed E-state index contributed by atoms with van der Waals surface area (Å²) in [5.74, 6) is 0.186. The number of anilines is 1. The average molecular weight is 441 g/mol. The first-order valence-electron chi connectivity index (χ1n) is 10.4. The highest BCUT2D eigenvalue weighted by Gasteiger charge is 2.20. The Kier molecular flexibility index (Phi) is 6.65. The van der Waals surface area contributed by atoms with Gasteiger partial charge in [0.1, 0.15) is 0 Å². The first-order valence-corrected chi connectivity index (χ1v) is 10.8. The van der Waals surface area contributed by atoms with E-state index in [2.05, 4.69) is 20.6 Å². The fourth-order valence-electron chi connectivity index (χ4n) is 3.86. The summed E-state index contributed by atoms with van der Waals surface area (Å²) < 4.78 is 0. The molecule has 8 heteroatoms. The Morgan fingerprint density at radius 1 is 1.16 bits per heavy atom. The van der Waals surface area contributed by atoms with E-state index in [4.69, 9.17) is 11.6 Å². The van der Waals surface area contributed by atoms with E-state index in [1.807, 2.05) is 6.07 Å². The fraction of sp³-hybridized carbons (Fsp3) is 0.348. The molecule has 4 rings (SSSR count). The number of hydrogen-bond donors (Lipinski definition) is 4. The number of aromatic nitrogens is 2. The predicted molar refractivity (Wildman–Crippen MR) is 120 cm³/mol. The molecule has 1 aliphatic carbocycles. The zero-order valence-electron chi connectivity index (χ0n) is 17.0. The molecule has 1 amide bonds. The molecular weight excluding hydrogens is 416 g/mol. The quantitative estimate of drug-likeness (QED) is 0.467. The van der Waals surface area contributed by atoms with Crippen LogP contribution in [0.25, 0.3) is 10.9 Å². The number of nitrogens with zero attached hydrogens (tertiary/aromatic N) is 2. The van der Waals surface area contributed by atoms with Gasteiger partial charge >= 0.3 is 0 Å². The standard InChI is InChI=1S/C23H25ClN4O3/c24-19-4-2-1-3-18(19)21(13-29)27-22(31)14-5-6-15-12-25-23(28-20(15)11-14)26-16-7-9-17(30)10-8-16/h1-6,11-12,16-17,21,29-30H,7-10,13H2,(H,27,31)(H,25,26,28). The molecule has 0 spiro atoms. The Balaban J connectivity index is 1.50. The van der Waals surface area contributed by atoms with Crippen molar-refractivity contribution >= 4 is 34.4 Å². The Morgan fingerprint density at radius 2 is 1.94 bits per heavy atom. The zero-order valence-corrected chi connectivity index (χ0v) is 17.7. The van der Waals surface area contributed by atoms with Crippen LogP contribution in [0.1, 0.15) is 47.6 Å². The highest BCUT2D eigenvalue weighted by molar-refractivity contribution is 6.31. The number of rotatable bonds is 6. The van der Waals surface area contributed by atoms with Crippen molar-refractivity contribution in [3.8, 4) is 0 Å². The van der Waals surface area contributed by atoms with Gasteiger partial charge in [-0.15, -0.1) is 0 Å². The van der Waals surface area contributed by atoms with E-state index in [1.54, 1.807) is 42.6 Å². The van der Waals surface area contributed by atoms with E-state index < -0.39 is 6.04 Å². The molecule has 0 saturated heterocycles. The maximum atomic E-state index is 12.8. The number of carbonyl (C=O) groups excluding carboxylic acids is 1. The normalized spacial score (nSPS) is 19.7. The third kappa shape index (κ3) is 5.12. The first kappa shape index (κ1) is 21.5. The number of amides is 1. The van der Waals surface area contributed by atoms with Crippen molar-refractivity contribution in [1.82, 2.24) is 15.3 Å². The molecule has 1 aromatic heterocycles. The molecule has 162 valence electrons. The van der Waals surface area contributed by atoms with Gasteiger partial charge in [0.2, 0.25) is 5.95 Å². The Morgan fingerprint density at radius 3 is 2.68 bits per heavy atom. The van der Waals surface area contributed by atoms with Crippen molar-refractivity contribution in [2.45, 2.75) is 43.9 Å². The van der Waals surface area contributed by atoms with E-state index >= 15 is 0 Å². The van der Waals surface area contributed by atoms with Gasteiger partial charge in [-0.2, -0.15) is 0 Å². The van der Waals surface area contributed by atoms with Crippen molar-refractivity contribution in [2.24, 2.45) is 0 Å². The average Bonchev–Trinajstić information content (AvgIpc) is 2.79. The Hall–Kier alpha value is -2.74. The summed E-state index contributed by atoms with van der Waals surface area (Å²) in [4.78, 5) is 21.8. The maximum Gasteiger partial charge on any atom is 0.251 e. The van der Waals surface area contributed by atoms with Gasteiger partial charge in [-0.3, -0.25) is 4.79 Å². The smallest absolute Gasteiger partial charge is 0.251 e. The summed E-state index contributed by atoms with van der Waals surface area (Å²) in [6, 6.07) is 11.9. The third-order valence-corrected chi connectivity index (χ3v) is 5.99. The van der Waals surface area contributed by atoms with Gasteiger partial charge < -0.3 is 20.8 Å². The van der Waals surface area contributed by atoms with Crippen LogP contribution in [-0.4, -0.2) is 44.8 Å². The van der Waals surface area contributed by atoms with E-state index in [0.717, 1.165) is 31.1 Å². The summed E-state index contributed by atoms with van der Waals surface area (Å²) in [5.41, 5.74) is 1.75. The molecule has 4 N–H and O–H groups in total. The fourth-order valence-corrected chi connectivity index (χ4v) is 4.13. The van der Waals surface area contributed by atoms with Crippen molar-refractivity contribution in [2.75, 3.05) is 11.9 Å². The summed E-state index contributed by atoms with van der Waals surface area (Å²) in [5, 5.41) is 26.9. The van der Waals surface area contributed by atoms with Crippen molar-refractivity contribution in [1.29, 1.82) is 0 Å². The lowest BCUT2D eigenvalue weighted by atomic mass is 9.93. The number of nitrogens with one attached hydrogen (secondary N) is 2. The van der Waals surface area contributed by atoms with Crippen molar-refractivity contribution in [3.05, 3.63) is 64.8 Å². The number of benzene rings is 2. The zero-order chi connectivity index (χ0) is 21.8. The topological polar surface area (TPSA) is 107 Å². The number of halogens is 1. The lowest BCUT2D eigenvalue weighted by Crippen LogP contribution is -2.31. The number of hydrogen-bond acceptors (Lipinski definition) is 6. The minimum absolute atomic E-state index is 0.217. The molecule has 3 aromatic rings. The summed E-state index contributed by atoms with van der Waals surface area (Å²) >= 11 is 6.21. The van der Waals surface area contributed by atoms with Gasteiger partial charge in [0.05, 0.1) is 24.3 Å². The predicted octanol–water partition coefficient (Wildman–Crippen LogP) is 3.46. The van der Waals surface area contributed by atoms with Gasteiger partial charge in [0, 0.05) is 28.2 Å². The molecule has 1 heterocycles. The highest BCUT2D eigenvalue weighted by Crippen LogP contribution is 2.24. The van der Waals surface area contributed by atoms with Crippen LogP contribution >= 0.6 is 11.6 Å². The number of aliphatic hydroxyl groups excluding tert-OH is 2. The summed E-state index contributed by atoms with van der Waals surface area (Å²) in [6.45, 7) is -0.268. The molecule has 1 aliphatic rings. The highest BCUT2D eigenvalue weighted by atomic mass is 35.5. The Bertz CT molecular complexity index is 1070.